The van der Waals surface area contributed by atoms with E-state index in [1.807, 2.05) is 0 Å². The molecule has 0 bridgehead atoms. The Morgan fingerprint density at radius 3 is 2.50 bits per heavy atom. The molecule has 3 heterocycles. The van der Waals surface area contributed by atoms with Crippen molar-refractivity contribution in [3.8, 4) is 11.3 Å². The quantitative estimate of drug-likeness (QED) is 0.917. The van der Waals surface area contributed by atoms with Crippen molar-refractivity contribution in [1.82, 2.24) is 19.8 Å². The first kappa shape index (κ1) is 15.9. The lowest BCUT2D eigenvalue weighted by molar-refractivity contribution is 0.316. The van der Waals surface area contributed by atoms with Crippen LogP contribution in [-0.4, -0.2) is 47.2 Å². The molecule has 2 fully saturated rings. The molecule has 1 aromatic carbocycles. The first-order chi connectivity index (χ1) is 11.9. The molecule has 2 aliphatic rings. The highest BCUT2D eigenvalue weighted by Gasteiger charge is 2.22. The molecule has 2 aromatic rings. The molecule has 0 radical (unpaired) electrons. The lowest BCUT2D eigenvalue weighted by Crippen LogP contribution is -2.29. The van der Waals surface area contributed by atoms with Crippen LogP contribution >= 0.6 is 0 Å². The van der Waals surface area contributed by atoms with Gasteiger partial charge in [-0.2, -0.15) is 0 Å². The predicted molar refractivity (Wildman–Crippen MR) is 98.2 cm³/mol. The van der Waals surface area contributed by atoms with Crippen LogP contribution in [0.5, 0.6) is 0 Å². The van der Waals surface area contributed by atoms with Crippen molar-refractivity contribution in [2.24, 2.45) is 0 Å². The predicted octanol–water partition coefficient (Wildman–Crippen LogP) is 3.11. The molecule has 4 heteroatoms. The van der Waals surface area contributed by atoms with Crippen LogP contribution in [-0.2, 0) is 6.54 Å². The van der Waals surface area contributed by atoms with Gasteiger partial charge in [0.25, 0.3) is 0 Å². The molecule has 0 amide bonds. The summed E-state index contributed by atoms with van der Waals surface area (Å²) in [6.45, 7) is 6.99. The molecule has 1 N–H and O–H groups in total. The van der Waals surface area contributed by atoms with Crippen LogP contribution in [0.3, 0.4) is 0 Å². The van der Waals surface area contributed by atoms with Crippen molar-refractivity contribution in [2.75, 3.05) is 32.7 Å². The second-order valence-electron chi connectivity index (χ2n) is 7.12. The van der Waals surface area contributed by atoms with Crippen molar-refractivity contribution in [1.29, 1.82) is 0 Å². The third kappa shape index (κ3) is 3.55. The monoisotopic (exact) mass is 324 g/mol. The number of rotatable bonds is 5. The van der Waals surface area contributed by atoms with Gasteiger partial charge in [0.2, 0.25) is 0 Å². The maximum absolute atomic E-state index is 5.07. The average Bonchev–Trinajstić information content (AvgIpc) is 3.31. The summed E-state index contributed by atoms with van der Waals surface area (Å²) in [4.78, 5) is 7.66. The SMILES string of the molecule is c1ccc(-c2cn(CCN3CCCC3)c(C3CCNCC3)n2)cc1. The fourth-order valence-corrected chi connectivity index (χ4v) is 4.02. The van der Waals surface area contributed by atoms with Crippen molar-refractivity contribution in [2.45, 2.75) is 38.1 Å². The van der Waals surface area contributed by atoms with Gasteiger partial charge in [0.1, 0.15) is 5.82 Å². The van der Waals surface area contributed by atoms with Gasteiger partial charge in [-0.15, -0.1) is 0 Å². The summed E-state index contributed by atoms with van der Waals surface area (Å²) < 4.78 is 2.44. The minimum atomic E-state index is 0.599. The normalized spacial score (nSPS) is 19.8. The van der Waals surface area contributed by atoms with Gasteiger partial charge in [-0.1, -0.05) is 30.3 Å². The summed E-state index contributed by atoms with van der Waals surface area (Å²) in [6, 6.07) is 10.6. The maximum atomic E-state index is 5.07. The number of nitrogens with one attached hydrogen (secondary N) is 1. The summed E-state index contributed by atoms with van der Waals surface area (Å²) in [7, 11) is 0. The number of nitrogens with zero attached hydrogens (tertiary/aromatic N) is 3. The molecule has 4 nitrogen and oxygen atoms in total. The first-order valence-corrected chi connectivity index (χ1v) is 9.46. The minimum Gasteiger partial charge on any atom is -0.333 e. The van der Waals surface area contributed by atoms with Gasteiger partial charge in [0.05, 0.1) is 5.69 Å². The van der Waals surface area contributed by atoms with E-state index >= 15 is 0 Å². The Morgan fingerprint density at radius 1 is 1.00 bits per heavy atom. The second kappa shape index (κ2) is 7.49. The molecule has 0 aliphatic carbocycles. The highest BCUT2D eigenvalue weighted by molar-refractivity contribution is 5.58. The number of hydrogen-bond donors (Lipinski definition) is 1. The number of hydrogen-bond acceptors (Lipinski definition) is 3. The van der Waals surface area contributed by atoms with E-state index < -0.39 is 0 Å². The topological polar surface area (TPSA) is 33.1 Å². The van der Waals surface area contributed by atoms with Crippen molar-refractivity contribution in [3.63, 3.8) is 0 Å². The highest BCUT2D eigenvalue weighted by atomic mass is 15.2. The molecule has 128 valence electrons. The first-order valence-electron chi connectivity index (χ1n) is 9.46. The van der Waals surface area contributed by atoms with Crippen LogP contribution in [0.4, 0.5) is 0 Å². The van der Waals surface area contributed by atoms with Gasteiger partial charge < -0.3 is 14.8 Å². The molecule has 1 aromatic heterocycles. The van der Waals surface area contributed by atoms with E-state index in [0.29, 0.717) is 5.92 Å². The number of likely N-dealkylation sites (tertiary alicyclic amines) is 1. The number of piperidine rings is 1. The third-order valence-corrected chi connectivity index (χ3v) is 5.44. The molecule has 0 unspecified atom stereocenters. The maximum Gasteiger partial charge on any atom is 0.112 e. The number of imidazole rings is 1. The Labute approximate surface area is 144 Å². The van der Waals surface area contributed by atoms with Crippen molar-refractivity contribution in [3.05, 3.63) is 42.4 Å². The molecule has 2 saturated heterocycles. The minimum absolute atomic E-state index is 0.599. The molecular formula is C20H28N4. The van der Waals surface area contributed by atoms with Gasteiger partial charge in [-0.3, -0.25) is 0 Å². The van der Waals surface area contributed by atoms with Crippen LogP contribution in [0.25, 0.3) is 11.3 Å². The highest BCUT2D eigenvalue weighted by Crippen LogP contribution is 2.28. The molecule has 4 rings (SSSR count). The van der Waals surface area contributed by atoms with Crippen LogP contribution < -0.4 is 5.32 Å². The summed E-state index contributed by atoms with van der Waals surface area (Å²) in [5, 5.41) is 3.47. The number of aromatic nitrogens is 2. The Kier molecular flexibility index (Phi) is 4.95. The Hall–Kier alpha value is -1.65. The van der Waals surface area contributed by atoms with E-state index in [2.05, 4.69) is 51.3 Å². The number of benzene rings is 1. The Balaban J connectivity index is 1.57. The molecular weight excluding hydrogens is 296 g/mol. The smallest absolute Gasteiger partial charge is 0.112 e. The molecule has 0 atom stereocenters. The van der Waals surface area contributed by atoms with Gasteiger partial charge in [-0.25, -0.2) is 4.98 Å². The average molecular weight is 324 g/mol. The fourth-order valence-electron chi connectivity index (χ4n) is 4.02. The van der Waals surface area contributed by atoms with Gasteiger partial charge >= 0.3 is 0 Å². The van der Waals surface area contributed by atoms with Crippen LogP contribution in [0.2, 0.25) is 0 Å². The molecule has 0 saturated carbocycles. The van der Waals surface area contributed by atoms with E-state index in [1.54, 1.807) is 0 Å². The fraction of sp³-hybridized carbons (Fsp3) is 0.550. The third-order valence-electron chi connectivity index (χ3n) is 5.44. The lowest BCUT2D eigenvalue weighted by Gasteiger charge is -2.24. The largest absolute Gasteiger partial charge is 0.333 e. The van der Waals surface area contributed by atoms with Crippen LogP contribution in [0.15, 0.2) is 36.5 Å². The summed E-state index contributed by atoms with van der Waals surface area (Å²) in [6.07, 6.45) is 7.41. The van der Waals surface area contributed by atoms with E-state index in [4.69, 9.17) is 4.98 Å². The van der Waals surface area contributed by atoms with Crippen molar-refractivity contribution >= 4 is 0 Å². The van der Waals surface area contributed by atoms with Gasteiger partial charge in [-0.05, 0) is 51.9 Å². The lowest BCUT2D eigenvalue weighted by atomic mass is 9.97. The second-order valence-corrected chi connectivity index (χ2v) is 7.12. The zero-order valence-corrected chi connectivity index (χ0v) is 14.5. The van der Waals surface area contributed by atoms with Crippen LogP contribution in [0, 0.1) is 0 Å². The zero-order valence-electron chi connectivity index (χ0n) is 14.5. The van der Waals surface area contributed by atoms with E-state index in [0.717, 1.165) is 31.9 Å². The van der Waals surface area contributed by atoms with Gasteiger partial charge in [0.15, 0.2) is 0 Å². The summed E-state index contributed by atoms with van der Waals surface area (Å²) in [5.41, 5.74) is 2.36. The van der Waals surface area contributed by atoms with E-state index in [-0.39, 0.29) is 0 Å². The standard InChI is InChI=1S/C20H28N4/c1-2-6-17(7-3-1)19-16-24(15-14-23-12-4-5-13-23)20(22-19)18-8-10-21-11-9-18/h1-3,6-7,16,18,21H,4-5,8-15H2. The Bertz CT molecular complexity index is 637. The van der Waals surface area contributed by atoms with E-state index in [1.165, 1.54) is 50.2 Å². The molecule has 2 aliphatic heterocycles. The Morgan fingerprint density at radius 2 is 1.75 bits per heavy atom. The molecule has 24 heavy (non-hydrogen) atoms. The summed E-state index contributed by atoms with van der Waals surface area (Å²) in [5.74, 6) is 1.90. The van der Waals surface area contributed by atoms with Gasteiger partial charge in [0, 0.05) is 30.8 Å². The van der Waals surface area contributed by atoms with E-state index in [9.17, 15) is 0 Å². The molecule has 0 spiro atoms. The van der Waals surface area contributed by atoms with Crippen molar-refractivity contribution < 1.29 is 0 Å². The van der Waals surface area contributed by atoms with Crippen LogP contribution in [0.1, 0.15) is 37.4 Å². The zero-order chi connectivity index (χ0) is 16.2. The summed E-state index contributed by atoms with van der Waals surface area (Å²) >= 11 is 0.